The highest BCUT2D eigenvalue weighted by Crippen LogP contribution is 2.60. The topological polar surface area (TPSA) is 21.3 Å². The number of aromatic nitrogens is 1. The number of fused-ring (bicyclic) bond motifs is 19. The number of anilines is 2. The Balaban J connectivity index is 1.23. The highest BCUT2D eigenvalue weighted by atomic mass is 32.1. The Morgan fingerprint density at radius 1 is 0.529 bits per heavy atom. The van der Waals surface area contributed by atoms with Gasteiger partial charge in [0.2, 0.25) is 0 Å². The van der Waals surface area contributed by atoms with Crippen LogP contribution in [0.25, 0.3) is 91.9 Å². The number of benzene rings is 8. The summed E-state index contributed by atoms with van der Waals surface area (Å²) >= 11 is 1.93. The van der Waals surface area contributed by atoms with E-state index in [2.05, 4.69) is 219 Å². The van der Waals surface area contributed by atoms with E-state index in [1.807, 2.05) is 11.3 Å². The second-order valence-corrected chi connectivity index (χ2v) is 24.8. The zero-order chi connectivity index (χ0) is 46.7. The Bertz CT molecular complexity index is 4060. The molecule has 0 spiro atoms. The van der Waals surface area contributed by atoms with Gasteiger partial charge in [-0.3, -0.25) is 0 Å². The highest BCUT2D eigenvalue weighted by Gasteiger charge is 2.50. The van der Waals surface area contributed by atoms with Crippen LogP contribution in [0.3, 0.4) is 0 Å². The number of nitrogens with zero attached hydrogens (tertiary/aromatic N) is 2. The standard InChI is InChI=1S/C63H55BN2OS/c1-60(2,3)34-20-24-37(25-21-34)66-48-33-53-42(41-28-36(62(7,8)9)23-27-52(41)68-53)30-44(48)55-54-39-17-12-14-18-45(39)63(10,11)57(54)56-43-29-35(61(4,5)6)22-26-47(43)65-49-32-51-40(38-16-13-15-19-50(38)67-51)31-46(49)64(66)58(55)59(56)65/h12-33H,1-11H3. The Morgan fingerprint density at radius 2 is 1.19 bits per heavy atom. The van der Waals surface area contributed by atoms with E-state index in [4.69, 9.17) is 4.42 Å². The third-order valence-corrected chi connectivity index (χ3v) is 17.3. The van der Waals surface area contributed by atoms with E-state index in [9.17, 15) is 0 Å². The first-order valence-electron chi connectivity index (χ1n) is 24.5. The monoisotopic (exact) mass is 898 g/mol. The molecule has 332 valence electrons. The molecule has 11 aromatic rings. The maximum atomic E-state index is 6.80. The van der Waals surface area contributed by atoms with Gasteiger partial charge in [0.05, 0.1) is 11.0 Å². The fourth-order valence-electron chi connectivity index (χ4n) is 12.7. The quantitative estimate of drug-likeness (QED) is 0.153. The third kappa shape index (κ3) is 5.21. The Morgan fingerprint density at radius 3 is 1.94 bits per heavy atom. The van der Waals surface area contributed by atoms with Crippen LogP contribution in [0.5, 0.6) is 0 Å². The van der Waals surface area contributed by atoms with Gasteiger partial charge >= 0.3 is 6.85 Å². The van der Waals surface area contributed by atoms with Crippen molar-refractivity contribution in [3.63, 3.8) is 0 Å². The summed E-state index contributed by atoms with van der Waals surface area (Å²) in [6.07, 6.45) is 0. The molecule has 3 aliphatic rings. The lowest BCUT2D eigenvalue weighted by atomic mass is 9.43. The van der Waals surface area contributed by atoms with Gasteiger partial charge in [-0.05, 0) is 126 Å². The minimum absolute atomic E-state index is 0.0191. The first-order chi connectivity index (χ1) is 32.4. The molecular formula is C63H55BN2OS. The summed E-state index contributed by atoms with van der Waals surface area (Å²) in [7, 11) is 0. The number of hydrogen-bond acceptors (Lipinski definition) is 3. The van der Waals surface area contributed by atoms with E-state index in [1.165, 1.54) is 120 Å². The van der Waals surface area contributed by atoms with Crippen molar-refractivity contribution in [1.29, 1.82) is 0 Å². The van der Waals surface area contributed by atoms with Crippen LogP contribution in [0, 0.1) is 0 Å². The average molecular weight is 899 g/mol. The SMILES string of the molecule is CC(C)(C)c1ccc(N2B3c4cc5c(cc4-n4c6ccc(C(C)(C)C)cc6c6c7c(c(c3c64)-c3cc4c(cc32)sc2ccc(C(C)(C)C)cc24)-c2ccccc2C7(C)C)oc2ccccc25)cc1. The number of hydrogen-bond donors (Lipinski definition) is 0. The van der Waals surface area contributed by atoms with Crippen molar-refractivity contribution in [2.45, 2.75) is 97.8 Å². The molecule has 0 bridgehead atoms. The lowest BCUT2D eigenvalue weighted by Crippen LogP contribution is -2.60. The number of furan rings is 1. The molecule has 68 heavy (non-hydrogen) atoms. The van der Waals surface area contributed by atoms with E-state index < -0.39 is 0 Å². The minimum atomic E-state index is -0.267. The van der Waals surface area contributed by atoms with Gasteiger partial charge in [-0.25, -0.2) is 0 Å². The molecule has 0 atom stereocenters. The molecule has 1 aliphatic carbocycles. The van der Waals surface area contributed by atoms with Crippen molar-refractivity contribution in [2.24, 2.45) is 0 Å². The fraction of sp³-hybridized carbons (Fsp3) is 0.238. The van der Waals surface area contributed by atoms with E-state index in [0.29, 0.717) is 0 Å². The van der Waals surface area contributed by atoms with Crippen LogP contribution in [0.1, 0.15) is 104 Å². The molecule has 0 saturated carbocycles. The predicted molar refractivity (Wildman–Crippen MR) is 294 cm³/mol. The molecule has 5 heteroatoms. The molecule has 0 saturated heterocycles. The van der Waals surface area contributed by atoms with E-state index in [1.54, 1.807) is 0 Å². The fourth-order valence-corrected chi connectivity index (χ4v) is 13.8. The summed E-state index contributed by atoms with van der Waals surface area (Å²) in [5.74, 6) is 0. The van der Waals surface area contributed by atoms with Crippen molar-refractivity contribution >= 4 is 104 Å². The molecule has 8 aromatic carbocycles. The second kappa shape index (κ2) is 12.9. The first-order valence-corrected chi connectivity index (χ1v) is 25.3. The lowest BCUT2D eigenvalue weighted by molar-refractivity contribution is 0.590. The van der Waals surface area contributed by atoms with Crippen LogP contribution in [-0.2, 0) is 21.7 Å². The van der Waals surface area contributed by atoms with Crippen LogP contribution in [0.4, 0.5) is 11.4 Å². The zero-order valence-corrected chi connectivity index (χ0v) is 41.8. The Kier molecular flexibility index (Phi) is 7.71. The van der Waals surface area contributed by atoms with Crippen LogP contribution < -0.4 is 15.7 Å². The molecule has 0 radical (unpaired) electrons. The van der Waals surface area contributed by atoms with Gasteiger partial charge in [-0.1, -0.05) is 149 Å². The lowest BCUT2D eigenvalue weighted by Gasteiger charge is -2.43. The van der Waals surface area contributed by atoms with Crippen LogP contribution >= 0.6 is 11.3 Å². The number of para-hydroxylation sites is 1. The van der Waals surface area contributed by atoms with Crippen molar-refractivity contribution in [3.8, 4) is 27.9 Å². The summed E-state index contributed by atoms with van der Waals surface area (Å²) in [6, 6.07) is 52.0. The van der Waals surface area contributed by atoms with Gasteiger partial charge in [-0.2, -0.15) is 0 Å². The highest BCUT2D eigenvalue weighted by molar-refractivity contribution is 7.25. The third-order valence-electron chi connectivity index (χ3n) is 16.2. The van der Waals surface area contributed by atoms with Crippen molar-refractivity contribution < 1.29 is 4.42 Å². The average Bonchev–Trinajstić information content (AvgIpc) is 4.02. The zero-order valence-electron chi connectivity index (χ0n) is 41.0. The first kappa shape index (κ1) is 40.5. The van der Waals surface area contributed by atoms with E-state index in [-0.39, 0.29) is 28.5 Å². The summed E-state index contributed by atoms with van der Waals surface area (Å²) in [5, 5.41) is 7.69. The molecule has 5 heterocycles. The van der Waals surface area contributed by atoms with Gasteiger partial charge in [0.1, 0.15) is 11.2 Å². The van der Waals surface area contributed by atoms with Gasteiger partial charge in [0, 0.05) is 75.8 Å². The maximum Gasteiger partial charge on any atom is 0.333 e. The van der Waals surface area contributed by atoms with E-state index >= 15 is 0 Å². The normalized spacial score (nSPS) is 15.0. The molecule has 14 rings (SSSR count). The van der Waals surface area contributed by atoms with Crippen LogP contribution in [0.15, 0.2) is 138 Å². The summed E-state index contributed by atoms with van der Waals surface area (Å²) < 4.78 is 12.1. The van der Waals surface area contributed by atoms with Gasteiger partial charge in [0.15, 0.2) is 0 Å². The molecule has 3 aromatic heterocycles. The maximum absolute atomic E-state index is 6.80. The number of thiophene rings is 1. The Labute approximate surface area is 403 Å². The van der Waals surface area contributed by atoms with Gasteiger partial charge in [0.25, 0.3) is 0 Å². The number of rotatable bonds is 1. The van der Waals surface area contributed by atoms with Crippen LogP contribution in [-0.4, -0.2) is 11.4 Å². The molecule has 0 fully saturated rings. The largest absolute Gasteiger partial charge is 0.456 e. The minimum Gasteiger partial charge on any atom is -0.456 e. The van der Waals surface area contributed by atoms with Crippen molar-refractivity contribution in [3.05, 3.63) is 161 Å². The molecular weight excluding hydrogens is 844 g/mol. The predicted octanol–water partition coefficient (Wildman–Crippen LogP) is 16.5. The molecule has 2 aliphatic heterocycles. The smallest absolute Gasteiger partial charge is 0.333 e. The van der Waals surface area contributed by atoms with E-state index in [0.717, 1.165) is 21.9 Å². The second-order valence-electron chi connectivity index (χ2n) is 23.8. The summed E-state index contributed by atoms with van der Waals surface area (Å²) in [4.78, 5) is 2.72. The summed E-state index contributed by atoms with van der Waals surface area (Å²) in [6.45, 7) is 25.8. The molecule has 0 N–H and O–H groups in total. The Hall–Kier alpha value is -6.56. The van der Waals surface area contributed by atoms with Gasteiger partial charge < -0.3 is 13.8 Å². The van der Waals surface area contributed by atoms with Crippen LogP contribution in [0.2, 0.25) is 0 Å². The molecule has 0 amide bonds. The summed E-state index contributed by atoms with van der Waals surface area (Å²) in [5.41, 5.74) is 22.8. The molecule has 0 unspecified atom stereocenters. The van der Waals surface area contributed by atoms with Crippen molar-refractivity contribution in [2.75, 3.05) is 4.81 Å². The molecule has 3 nitrogen and oxygen atoms in total. The van der Waals surface area contributed by atoms with Gasteiger partial charge in [-0.15, -0.1) is 11.3 Å². The van der Waals surface area contributed by atoms with Crippen molar-refractivity contribution in [1.82, 2.24) is 4.57 Å².